The number of allylic oxidation sites excluding steroid dienone is 1. The summed E-state index contributed by atoms with van der Waals surface area (Å²) in [6.07, 6.45) is 2.38. The minimum atomic E-state index is 0.0682. The summed E-state index contributed by atoms with van der Waals surface area (Å²) in [5.41, 5.74) is 5.81. The highest BCUT2D eigenvalue weighted by atomic mass is 16.7. The number of benzene rings is 3. The second kappa shape index (κ2) is 10.9. The molecule has 194 valence electrons. The number of phenolic OH excluding ortho intramolecular Hbond substituents is 1. The van der Waals surface area contributed by atoms with Crippen LogP contribution in [-0.4, -0.2) is 69.1 Å². The van der Waals surface area contributed by atoms with Gasteiger partial charge in [0.2, 0.25) is 6.79 Å². The van der Waals surface area contributed by atoms with Crippen LogP contribution in [0.3, 0.4) is 0 Å². The first-order valence-electron chi connectivity index (χ1n) is 12.9. The molecule has 0 spiro atoms. The number of rotatable bonds is 10. The zero-order valence-electron chi connectivity index (χ0n) is 22.1. The van der Waals surface area contributed by atoms with E-state index in [1.54, 1.807) is 12.1 Å². The van der Waals surface area contributed by atoms with Crippen LogP contribution in [0.2, 0.25) is 0 Å². The third-order valence-electron chi connectivity index (χ3n) is 6.68. The molecule has 3 aromatic carbocycles. The number of ether oxygens (including phenoxy) is 3. The van der Waals surface area contributed by atoms with Crippen molar-refractivity contribution in [3.05, 3.63) is 83.4 Å². The summed E-state index contributed by atoms with van der Waals surface area (Å²) < 4.78 is 17.6. The lowest BCUT2D eigenvalue weighted by Gasteiger charge is -2.25. The van der Waals surface area contributed by atoms with E-state index < -0.39 is 0 Å². The standard InChI is InChI=1S/C31H36N2O4/c1-32(2)18-27(19-33(3)4)37-26-14-9-23(10-15-26)30(22-7-12-25(34)13-8-22)31(21-5-6-21)24-11-16-28-29(17-24)36-20-35-28/h7-17,21,27,34H,5-6,18-20H2,1-4H3. The Morgan fingerprint density at radius 3 is 1.97 bits per heavy atom. The SMILES string of the molecule is CN(C)CC(CN(C)C)Oc1ccc(C(=C(c2ccc3c(c2)OCO3)C2CC2)c2ccc(O)cc2)cc1. The minimum Gasteiger partial charge on any atom is -0.508 e. The number of nitrogens with zero attached hydrogens (tertiary/aromatic N) is 2. The van der Waals surface area contributed by atoms with Gasteiger partial charge in [-0.1, -0.05) is 30.3 Å². The second-order valence-electron chi connectivity index (χ2n) is 10.5. The summed E-state index contributed by atoms with van der Waals surface area (Å²) in [6.45, 7) is 1.94. The molecule has 1 aliphatic heterocycles. The summed E-state index contributed by atoms with van der Waals surface area (Å²) >= 11 is 0. The van der Waals surface area contributed by atoms with Gasteiger partial charge >= 0.3 is 0 Å². The smallest absolute Gasteiger partial charge is 0.231 e. The lowest BCUT2D eigenvalue weighted by molar-refractivity contribution is 0.128. The lowest BCUT2D eigenvalue weighted by atomic mass is 9.87. The van der Waals surface area contributed by atoms with Crippen LogP contribution in [-0.2, 0) is 0 Å². The van der Waals surface area contributed by atoms with Crippen molar-refractivity contribution in [3.63, 3.8) is 0 Å². The zero-order chi connectivity index (χ0) is 25.9. The van der Waals surface area contributed by atoms with Crippen LogP contribution in [0.4, 0.5) is 0 Å². The molecular weight excluding hydrogens is 464 g/mol. The second-order valence-corrected chi connectivity index (χ2v) is 10.5. The Labute approximate surface area is 219 Å². The van der Waals surface area contributed by atoms with Crippen molar-refractivity contribution in [1.29, 1.82) is 0 Å². The predicted molar refractivity (Wildman–Crippen MR) is 147 cm³/mol. The highest BCUT2D eigenvalue weighted by molar-refractivity contribution is 6.00. The maximum atomic E-state index is 9.97. The lowest BCUT2D eigenvalue weighted by Crippen LogP contribution is -2.38. The molecule has 0 saturated heterocycles. The van der Waals surface area contributed by atoms with Gasteiger partial charge < -0.3 is 29.1 Å². The van der Waals surface area contributed by atoms with Gasteiger partial charge in [-0.05, 0) is 111 Å². The zero-order valence-corrected chi connectivity index (χ0v) is 22.1. The molecule has 1 N–H and O–H groups in total. The molecule has 5 rings (SSSR count). The Morgan fingerprint density at radius 2 is 1.38 bits per heavy atom. The molecule has 3 aromatic rings. The van der Waals surface area contributed by atoms with Gasteiger partial charge in [0.15, 0.2) is 11.5 Å². The van der Waals surface area contributed by atoms with Gasteiger partial charge in [-0.25, -0.2) is 0 Å². The Bertz CT molecular complexity index is 1240. The van der Waals surface area contributed by atoms with Crippen LogP contribution in [0, 0.1) is 5.92 Å². The van der Waals surface area contributed by atoms with E-state index in [0.717, 1.165) is 59.9 Å². The van der Waals surface area contributed by atoms with Crippen molar-refractivity contribution in [2.45, 2.75) is 18.9 Å². The number of hydrogen-bond donors (Lipinski definition) is 1. The molecule has 0 radical (unpaired) electrons. The Morgan fingerprint density at radius 1 is 0.811 bits per heavy atom. The van der Waals surface area contributed by atoms with E-state index in [1.165, 1.54) is 11.1 Å². The molecule has 0 aromatic heterocycles. The third-order valence-corrected chi connectivity index (χ3v) is 6.68. The fourth-order valence-electron chi connectivity index (χ4n) is 4.97. The van der Waals surface area contributed by atoms with E-state index in [4.69, 9.17) is 14.2 Å². The summed E-state index contributed by atoms with van der Waals surface area (Å²) in [7, 11) is 8.28. The fraction of sp³-hybridized carbons (Fsp3) is 0.355. The van der Waals surface area contributed by atoms with Crippen LogP contribution in [0.15, 0.2) is 66.7 Å². The van der Waals surface area contributed by atoms with E-state index in [-0.39, 0.29) is 18.6 Å². The van der Waals surface area contributed by atoms with Crippen molar-refractivity contribution in [2.75, 3.05) is 48.1 Å². The van der Waals surface area contributed by atoms with Gasteiger partial charge in [0.25, 0.3) is 0 Å². The largest absolute Gasteiger partial charge is 0.508 e. The quantitative estimate of drug-likeness (QED) is 0.378. The van der Waals surface area contributed by atoms with Crippen LogP contribution in [0.25, 0.3) is 11.1 Å². The molecule has 0 amide bonds. The Balaban J connectivity index is 1.54. The third kappa shape index (κ3) is 6.09. The first-order valence-corrected chi connectivity index (χ1v) is 12.9. The first kappa shape index (κ1) is 25.2. The first-order chi connectivity index (χ1) is 17.9. The van der Waals surface area contributed by atoms with Crippen LogP contribution in [0.5, 0.6) is 23.0 Å². The van der Waals surface area contributed by atoms with E-state index in [9.17, 15) is 5.11 Å². The Kier molecular flexibility index (Phi) is 7.40. The van der Waals surface area contributed by atoms with Gasteiger partial charge in [-0.15, -0.1) is 0 Å². The highest BCUT2D eigenvalue weighted by Crippen LogP contribution is 2.49. The van der Waals surface area contributed by atoms with Gasteiger partial charge in [0.1, 0.15) is 17.6 Å². The molecule has 1 saturated carbocycles. The van der Waals surface area contributed by atoms with Gasteiger partial charge in [0, 0.05) is 13.1 Å². The van der Waals surface area contributed by atoms with E-state index >= 15 is 0 Å². The van der Waals surface area contributed by atoms with Crippen LogP contribution >= 0.6 is 0 Å². The molecule has 6 heteroatoms. The highest BCUT2D eigenvalue weighted by Gasteiger charge is 2.31. The molecule has 2 aliphatic rings. The van der Waals surface area contributed by atoms with Crippen molar-refractivity contribution in [2.24, 2.45) is 5.92 Å². The van der Waals surface area contributed by atoms with Gasteiger partial charge in [0.05, 0.1) is 0 Å². The molecule has 0 bridgehead atoms. The van der Waals surface area contributed by atoms with Crippen molar-refractivity contribution in [3.8, 4) is 23.0 Å². The van der Waals surface area contributed by atoms with E-state index in [2.05, 4.69) is 74.4 Å². The average Bonchev–Trinajstić information content (AvgIpc) is 3.58. The maximum absolute atomic E-state index is 9.97. The summed E-state index contributed by atoms with van der Waals surface area (Å²) in [4.78, 5) is 4.31. The predicted octanol–water partition coefficient (Wildman–Crippen LogP) is 5.36. The van der Waals surface area contributed by atoms with Gasteiger partial charge in [-0.2, -0.15) is 0 Å². The molecule has 1 heterocycles. The van der Waals surface area contributed by atoms with Crippen LogP contribution in [0.1, 0.15) is 29.5 Å². The number of fused-ring (bicyclic) bond motifs is 1. The fourth-order valence-corrected chi connectivity index (χ4v) is 4.97. The molecule has 1 aliphatic carbocycles. The minimum absolute atomic E-state index is 0.0682. The number of likely N-dealkylation sites (N-methyl/N-ethyl adjacent to an activating group) is 2. The maximum Gasteiger partial charge on any atom is 0.231 e. The summed E-state index contributed by atoms with van der Waals surface area (Å²) in [6, 6.07) is 22.2. The molecule has 0 unspecified atom stereocenters. The normalized spacial score (nSPS) is 15.4. The average molecular weight is 501 g/mol. The topological polar surface area (TPSA) is 54.4 Å². The van der Waals surface area contributed by atoms with Crippen LogP contribution < -0.4 is 14.2 Å². The van der Waals surface area contributed by atoms with Crippen molar-refractivity contribution < 1.29 is 19.3 Å². The molecule has 37 heavy (non-hydrogen) atoms. The summed E-state index contributed by atoms with van der Waals surface area (Å²) in [5, 5.41) is 9.97. The van der Waals surface area contributed by atoms with E-state index in [1.807, 2.05) is 18.2 Å². The molecule has 0 atom stereocenters. The molecular formula is C31H36N2O4. The number of phenols is 1. The van der Waals surface area contributed by atoms with E-state index in [0.29, 0.717) is 5.92 Å². The van der Waals surface area contributed by atoms with Crippen molar-refractivity contribution >= 4 is 11.1 Å². The monoisotopic (exact) mass is 500 g/mol. The van der Waals surface area contributed by atoms with Crippen molar-refractivity contribution in [1.82, 2.24) is 9.80 Å². The summed E-state index contributed by atoms with van der Waals surface area (Å²) in [5.74, 6) is 3.17. The number of aromatic hydroxyl groups is 1. The molecule has 6 nitrogen and oxygen atoms in total. The molecule has 1 fully saturated rings. The Hall–Kier alpha value is -3.48. The van der Waals surface area contributed by atoms with Gasteiger partial charge in [-0.3, -0.25) is 0 Å². The number of hydrogen-bond acceptors (Lipinski definition) is 6.